The van der Waals surface area contributed by atoms with Crippen LogP contribution in [0.5, 0.6) is 0 Å². The molecule has 0 saturated carbocycles. The number of aryl methyl sites for hydroxylation is 1. The number of carbonyl (C=O) groups excluding carboxylic acids is 1. The number of rotatable bonds is 3. The summed E-state index contributed by atoms with van der Waals surface area (Å²) in [7, 11) is 0. The predicted molar refractivity (Wildman–Crippen MR) is 92.7 cm³/mol. The summed E-state index contributed by atoms with van der Waals surface area (Å²) in [4.78, 5) is 18.6. The first-order valence-corrected chi connectivity index (χ1v) is 9.54. The van der Waals surface area contributed by atoms with E-state index in [1.165, 1.54) is 10.4 Å². The highest BCUT2D eigenvalue weighted by Crippen LogP contribution is 2.25. The molecular formula is C17H23N5OS. The highest BCUT2D eigenvalue weighted by atomic mass is 32.1. The summed E-state index contributed by atoms with van der Waals surface area (Å²) in [5.41, 5.74) is 1.32. The second-order valence-electron chi connectivity index (χ2n) is 6.56. The Bertz CT molecular complexity index is 752. The van der Waals surface area contributed by atoms with Crippen LogP contribution in [0.25, 0.3) is 0 Å². The van der Waals surface area contributed by atoms with E-state index in [0.29, 0.717) is 6.54 Å². The summed E-state index contributed by atoms with van der Waals surface area (Å²) in [5, 5.41) is 10.7. The SMILES string of the molecule is CCc1nnc2n1CCN([C@@H](C)C(=O)N1CCc3sccc3C1)C2. The molecule has 128 valence electrons. The van der Waals surface area contributed by atoms with Gasteiger partial charge < -0.3 is 9.47 Å². The second kappa shape index (κ2) is 6.29. The zero-order chi connectivity index (χ0) is 16.7. The van der Waals surface area contributed by atoms with Gasteiger partial charge in [0.25, 0.3) is 0 Å². The van der Waals surface area contributed by atoms with Gasteiger partial charge in [0.2, 0.25) is 5.91 Å². The maximum Gasteiger partial charge on any atom is 0.239 e. The van der Waals surface area contributed by atoms with Gasteiger partial charge in [-0.2, -0.15) is 0 Å². The fourth-order valence-electron chi connectivity index (χ4n) is 3.69. The van der Waals surface area contributed by atoms with E-state index in [4.69, 9.17) is 0 Å². The first-order valence-electron chi connectivity index (χ1n) is 8.66. The van der Waals surface area contributed by atoms with E-state index in [2.05, 4.69) is 38.0 Å². The number of hydrogen-bond acceptors (Lipinski definition) is 5. The largest absolute Gasteiger partial charge is 0.337 e. The third-order valence-corrected chi connectivity index (χ3v) is 6.22. The number of thiophene rings is 1. The van der Waals surface area contributed by atoms with Crippen LogP contribution in [-0.4, -0.2) is 49.6 Å². The Morgan fingerprint density at radius 1 is 1.29 bits per heavy atom. The third-order valence-electron chi connectivity index (χ3n) is 5.20. The number of amides is 1. The van der Waals surface area contributed by atoms with E-state index in [1.54, 1.807) is 11.3 Å². The second-order valence-corrected chi connectivity index (χ2v) is 7.56. The van der Waals surface area contributed by atoms with Crippen molar-refractivity contribution in [2.45, 2.75) is 52.4 Å². The Hall–Kier alpha value is -1.73. The third kappa shape index (κ3) is 2.65. The summed E-state index contributed by atoms with van der Waals surface area (Å²) in [5.74, 6) is 2.26. The van der Waals surface area contributed by atoms with Gasteiger partial charge >= 0.3 is 0 Å². The van der Waals surface area contributed by atoms with Crippen molar-refractivity contribution in [3.8, 4) is 0 Å². The highest BCUT2D eigenvalue weighted by Gasteiger charge is 2.31. The summed E-state index contributed by atoms with van der Waals surface area (Å²) in [6.45, 7) is 8.17. The first kappa shape index (κ1) is 15.8. The quantitative estimate of drug-likeness (QED) is 0.849. The molecule has 0 fully saturated rings. The number of fused-ring (bicyclic) bond motifs is 2. The Balaban J connectivity index is 1.44. The van der Waals surface area contributed by atoms with Crippen LogP contribution in [0.1, 0.15) is 35.9 Å². The van der Waals surface area contributed by atoms with Crippen molar-refractivity contribution in [2.75, 3.05) is 13.1 Å². The van der Waals surface area contributed by atoms with Crippen LogP contribution in [0.15, 0.2) is 11.4 Å². The van der Waals surface area contributed by atoms with Gasteiger partial charge in [0.1, 0.15) is 11.6 Å². The van der Waals surface area contributed by atoms with Gasteiger partial charge in [0, 0.05) is 37.5 Å². The molecular weight excluding hydrogens is 322 g/mol. The monoisotopic (exact) mass is 345 g/mol. The number of hydrogen-bond donors (Lipinski definition) is 0. The van der Waals surface area contributed by atoms with E-state index in [0.717, 1.165) is 50.7 Å². The molecule has 0 aromatic carbocycles. The van der Waals surface area contributed by atoms with Crippen molar-refractivity contribution >= 4 is 17.2 Å². The molecule has 2 aromatic rings. The van der Waals surface area contributed by atoms with E-state index >= 15 is 0 Å². The topological polar surface area (TPSA) is 54.3 Å². The molecule has 6 nitrogen and oxygen atoms in total. The maximum atomic E-state index is 12.9. The van der Waals surface area contributed by atoms with Crippen LogP contribution in [0.3, 0.4) is 0 Å². The molecule has 0 N–H and O–H groups in total. The lowest BCUT2D eigenvalue weighted by molar-refractivity contribution is -0.138. The van der Waals surface area contributed by atoms with Crippen molar-refractivity contribution in [3.63, 3.8) is 0 Å². The zero-order valence-electron chi connectivity index (χ0n) is 14.2. The van der Waals surface area contributed by atoms with Gasteiger partial charge in [-0.15, -0.1) is 21.5 Å². The summed E-state index contributed by atoms with van der Waals surface area (Å²) in [6, 6.07) is 2.04. The van der Waals surface area contributed by atoms with Crippen LogP contribution < -0.4 is 0 Å². The molecule has 2 aliphatic heterocycles. The molecule has 0 radical (unpaired) electrons. The molecule has 0 aliphatic carbocycles. The number of carbonyl (C=O) groups is 1. The minimum absolute atomic E-state index is 0.110. The average Bonchev–Trinajstić information content (AvgIpc) is 3.25. The normalized spacial score (nSPS) is 19.0. The molecule has 1 amide bonds. The molecule has 2 aliphatic rings. The summed E-state index contributed by atoms with van der Waals surface area (Å²) >= 11 is 1.81. The van der Waals surface area contributed by atoms with Crippen molar-refractivity contribution in [1.29, 1.82) is 0 Å². The molecule has 1 atom stereocenters. The lowest BCUT2D eigenvalue weighted by atomic mass is 10.1. The molecule has 0 unspecified atom stereocenters. The van der Waals surface area contributed by atoms with Crippen LogP contribution in [0.2, 0.25) is 0 Å². The molecule has 0 bridgehead atoms. The van der Waals surface area contributed by atoms with Gasteiger partial charge in [-0.05, 0) is 30.4 Å². The van der Waals surface area contributed by atoms with Crippen LogP contribution in [-0.2, 0) is 37.3 Å². The van der Waals surface area contributed by atoms with Gasteiger partial charge in [0.05, 0.1) is 12.6 Å². The minimum Gasteiger partial charge on any atom is -0.337 e. The van der Waals surface area contributed by atoms with Crippen LogP contribution in [0.4, 0.5) is 0 Å². The minimum atomic E-state index is -0.110. The molecule has 4 rings (SSSR count). The molecule has 2 aromatic heterocycles. The van der Waals surface area contributed by atoms with Crippen LogP contribution >= 0.6 is 11.3 Å². The number of aromatic nitrogens is 3. The first-order chi connectivity index (χ1) is 11.7. The lowest BCUT2D eigenvalue weighted by Crippen LogP contribution is -2.50. The Morgan fingerprint density at radius 2 is 2.17 bits per heavy atom. The Labute approximate surface area is 146 Å². The van der Waals surface area contributed by atoms with Crippen molar-refractivity contribution < 1.29 is 4.79 Å². The smallest absolute Gasteiger partial charge is 0.239 e. The molecule has 0 saturated heterocycles. The van der Waals surface area contributed by atoms with Crippen molar-refractivity contribution in [2.24, 2.45) is 0 Å². The van der Waals surface area contributed by atoms with E-state index in [9.17, 15) is 4.79 Å². The van der Waals surface area contributed by atoms with Crippen molar-refractivity contribution in [3.05, 3.63) is 33.5 Å². The van der Waals surface area contributed by atoms with Gasteiger partial charge in [-0.1, -0.05) is 6.92 Å². The Kier molecular flexibility index (Phi) is 4.14. The zero-order valence-corrected chi connectivity index (χ0v) is 15.1. The van der Waals surface area contributed by atoms with E-state index < -0.39 is 0 Å². The summed E-state index contributed by atoms with van der Waals surface area (Å²) in [6.07, 6.45) is 1.89. The summed E-state index contributed by atoms with van der Waals surface area (Å²) < 4.78 is 2.20. The molecule has 24 heavy (non-hydrogen) atoms. The van der Waals surface area contributed by atoms with Gasteiger partial charge in [0.15, 0.2) is 0 Å². The fourth-order valence-corrected chi connectivity index (χ4v) is 4.58. The Morgan fingerprint density at radius 3 is 3.00 bits per heavy atom. The highest BCUT2D eigenvalue weighted by molar-refractivity contribution is 7.10. The maximum absolute atomic E-state index is 12.9. The standard InChI is InChI=1S/C17H23N5OS/c1-3-15-18-19-16-11-20(7-8-22(15)16)12(2)17(23)21-6-4-14-13(10-21)5-9-24-14/h5,9,12H,3-4,6-8,10-11H2,1-2H3/t12-/m0/s1. The van der Waals surface area contributed by atoms with E-state index in [1.807, 2.05) is 11.8 Å². The molecule has 0 spiro atoms. The predicted octanol–water partition coefficient (Wildman–Crippen LogP) is 1.69. The molecule has 7 heteroatoms. The number of nitrogens with zero attached hydrogens (tertiary/aromatic N) is 5. The van der Waals surface area contributed by atoms with Gasteiger partial charge in [-0.3, -0.25) is 9.69 Å². The van der Waals surface area contributed by atoms with Crippen molar-refractivity contribution in [1.82, 2.24) is 24.6 Å². The van der Waals surface area contributed by atoms with E-state index in [-0.39, 0.29) is 11.9 Å². The molecule has 4 heterocycles. The van der Waals surface area contributed by atoms with Crippen LogP contribution in [0, 0.1) is 0 Å². The van der Waals surface area contributed by atoms with Gasteiger partial charge in [-0.25, -0.2) is 0 Å². The fraction of sp³-hybridized carbons (Fsp3) is 0.588. The average molecular weight is 345 g/mol. The lowest BCUT2D eigenvalue weighted by Gasteiger charge is -2.36.